The van der Waals surface area contributed by atoms with Crippen LogP contribution in [0.15, 0.2) is 42.5 Å². The average molecular weight is 330 g/mol. The van der Waals surface area contributed by atoms with E-state index in [0.29, 0.717) is 5.75 Å². The van der Waals surface area contributed by atoms with Crippen LogP contribution in [0.25, 0.3) is 11.1 Å². The number of aryl methyl sites for hydroxylation is 1. The maximum atomic E-state index is 10.2. The van der Waals surface area contributed by atoms with Gasteiger partial charge in [0.1, 0.15) is 5.75 Å². The van der Waals surface area contributed by atoms with Crippen molar-refractivity contribution in [2.75, 3.05) is 0 Å². The molecule has 2 aromatic rings. The van der Waals surface area contributed by atoms with Gasteiger partial charge in [0, 0.05) is 5.56 Å². The molecule has 0 saturated carbocycles. The molecule has 116 valence electrons. The van der Waals surface area contributed by atoms with Gasteiger partial charge in [-0.25, -0.2) is 0 Å². The Labute approximate surface area is 188 Å². The third-order valence-electron chi connectivity index (χ3n) is 4.05. The molecule has 0 aliphatic carbocycles. The van der Waals surface area contributed by atoms with Gasteiger partial charge in [0.25, 0.3) is 0 Å². The van der Waals surface area contributed by atoms with Gasteiger partial charge in [-0.05, 0) is 48.4 Å². The second-order valence-electron chi connectivity index (χ2n) is 5.67. The van der Waals surface area contributed by atoms with Crippen molar-refractivity contribution in [2.45, 2.75) is 52.4 Å². The number of aromatic hydroxyl groups is 1. The van der Waals surface area contributed by atoms with E-state index in [1.54, 1.807) is 6.07 Å². The smallest absolute Gasteiger partial charge is 1.00 e. The fraction of sp³-hybridized carbons (Fsp3) is 0.400. The van der Waals surface area contributed by atoms with Crippen LogP contribution < -0.4 is 59.1 Å². The van der Waals surface area contributed by atoms with Gasteiger partial charge in [0.05, 0.1) is 0 Å². The van der Waals surface area contributed by atoms with E-state index in [2.05, 4.69) is 32.0 Å². The standard InChI is InChI=1S/C20H26O.2Na.2H/c1-3-5-10-16-11-9-14-18(17(16)12-6-4-2)19-13-7-8-15-20(19)21;;;;/h7-9,11,13-15,21H,3-6,10,12H2,1-2H3;;;;/q;2*+1;2*-1. The number of rotatable bonds is 7. The number of phenolic OH excluding ortho intramolecular Hbond substituents is 1. The minimum Gasteiger partial charge on any atom is -1.00 e. The quantitative estimate of drug-likeness (QED) is 0.708. The van der Waals surface area contributed by atoms with Gasteiger partial charge in [-0.1, -0.05) is 63.1 Å². The Morgan fingerprint density at radius 3 is 2.04 bits per heavy atom. The Balaban J connectivity index is -0.00000121. The van der Waals surface area contributed by atoms with Crippen LogP contribution in [0.1, 0.15) is 53.5 Å². The first-order chi connectivity index (χ1) is 10.3. The van der Waals surface area contributed by atoms with Crippen LogP contribution in [0, 0.1) is 0 Å². The predicted octanol–water partition coefficient (Wildman–Crippen LogP) is -0.0226. The second kappa shape index (κ2) is 12.6. The van der Waals surface area contributed by atoms with Gasteiger partial charge in [-0.3, -0.25) is 0 Å². The second-order valence-corrected chi connectivity index (χ2v) is 5.67. The summed E-state index contributed by atoms with van der Waals surface area (Å²) < 4.78 is 0. The summed E-state index contributed by atoms with van der Waals surface area (Å²) in [5, 5.41) is 10.2. The van der Waals surface area contributed by atoms with Crippen LogP contribution in [0.4, 0.5) is 0 Å². The molecule has 0 amide bonds. The number of hydrogen-bond acceptors (Lipinski definition) is 1. The molecule has 2 rings (SSSR count). The molecule has 2 aromatic carbocycles. The fourth-order valence-corrected chi connectivity index (χ4v) is 2.84. The Kier molecular flexibility index (Phi) is 12.7. The summed E-state index contributed by atoms with van der Waals surface area (Å²) >= 11 is 0. The molecule has 0 aliphatic rings. The Bertz CT molecular complexity index is 592. The molecule has 23 heavy (non-hydrogen) atoms. The van der Waals surface area contributed by atoms with Gasteiger partial charge < -0.3 is 7.96 Å². The van der Waals surface area contributed by atoms with Crippen molar-refractivity contribution in [3.05, 3.63) is 53.6 Å². The van der Waals surface area contributed by atoms with Crippen molar-refractivity contribution < 1.29 is 67.1 Å². The first-order valence-corrected chi connectivity index (χ1v) is 8.17. The van der Waals surface area contributed by atoms with Gasteiger partial charge in [-0.2, -0.15) is 0 Å². The van der Waals surface area contributed by atoms with Crippen molar-refractivity contribution in [3.63, 3.8) is 0 Å². The molecule has 0 atom stereocenters. The molecule has 0 spiro atoms. The van der Waals surface area contributed by atoms with E-state index in [-0.39, 0.29) is 62.0 Å². The number of phenols is 1. The zero-order valence-electron chi connectivity index (χ0n) is 17.2. The Morgan fingerprint density at radius 2 is 1.39 bits per heavy atom. The Morgan fingerprint density at radius 1 is 0.783 bits per heavy atom. The molecule has 0 bridgehead atoms. The predicted molar refractivity (Wildman–Crippen MR) is 93.0 cm³/mol. The number of unbranched alkanes of at least 4 members (excludes halogenated alkanes) is 2. The van der Waals surface area contributed by atoms with E-state index in [1.807, 2.05) is 18.2 Å². The maximum absolute atomic E-state index is 10.2. The summed E-state index contributed by atoms with van der Waals surface area (Å²) in [7, 11) is 0. The average Bonchev–Trinajstić information content (AvgIpc) is 2.51. The third kappa shape index (κ3) is 6.57. The van der Waals surface area contributed by atoms with Gasteiger partial charge in [-0.15, -0.1) is 0 Å². The molecule has 0 aromatic heterocycles. The van der Waals surface area contributed by atoms with E-state index in [1.165, 1.54) is 42.4 Å². The summed E-state index contributed by atoms with van der Waals surface area (Å²) in [6, 6.07) is 14.2. The first kappa shape index (κ1) is 23.2. The van der Waals surface area contributed by atoms with Gasteiger partial charge in [0.15, 0.2) is 0 Å². The molecule has 1 N–H and O–H groups in total. The first-order valence-electron chi connectivity index (χ1n) is 8.17. The zero-order valence-corrected chi connectivity index (χ0v) is 19.2. The third-order valence-corrected chi connectivity index (χ3v) is 4.05. The van der Waals surface area contributed by atoms with Crippen molar-refractivity contribution >= 4 is 0 Å². The molecule has 3 heteroatoms. The Hall–Kier alpha value is 0.240. The molecule has 0 radical (unpaired) electrons. The van der Waals surface area contributed by atoms with Crippen molar-refractivity contribution in [3.8, 4) is 16.9 Å². The van der Waals surface area contributed by atoms with Gasteiger partial charge >= 0.3 is 59.1 Å². The minimum absolute atomic E-state index is 0. The molecule has 0 saturated heterocycles. The fourth-order valence-electron chi connectivity index (χ4n) is 2.84. The number of para-hydroxylation sites is 1. The van der Waals surface area contributed by atoms with Crippen LogP contribution in [-0.4, -0.2) is 5.11 Å². The molecule has 1 nitrogen and oxygen atoms in total. The van der Waals surface area contributed by atoms with E-state index in [4.69, 9.17) is 0 Å². The summed E-state index contributed by atoms with van der Waals surface area (Å²) in [6.07, 6.45) is 7.07. The van der Waals surface area contributed by atoms with Crippen LogP contribution >= 0.6 is 0 Å². The number of hydrogen-bond donors (Lipinski definition) is 1. The summed E-state index contributed by atoms with van der Waals surface area (Å²) in [5.74, 6) is 0.378. The SMILES string of the molecule is CCCCc1cccc(-c2ccccc2O)c1CCCC.[H-].[H-].[Na+].[Na+]. The van der Waals surface area contributed by atoms with Crippen LogP contribution in [0.3, 0.4) is 0 Å². The van der Waals surface area contributed by atoms with Crippen molar-refractivity contribution in [2.24, 2.45) is 0 Å². The molecule has 0 aliphatic heterocycles. The monoisotopic (exact) mass is 330 g/mol. The largest absolute Gasteiger partial charge is 1.00 e. The van der Waals surface area contributed by atoms with E-state index >= 15 is 0 Å². The number of benzene rings is 2. The summed E-state index contributed by atoms with van der Waals surface area (Å²) in [6.45, 7) is 4.47. The van der Waals surface area contributed by atoms with Crippen molar-refractivity contribution in [1.29, 1.82) is 0 Å². The minimum atomic E-state index is 0. The van der Waals surface area contributed by atoms with Crippen LogP contribution in [-0.2, 0) is 12.8 Å². The van der Waals surface area contributed by atoms with Gasteiger partial charge in [0.2, 0.25) is 0 Å². The topological polar surface area (TPSA) is 20.2 Å². The molecular weight excluding hydrogens is 302 g/mol. The molecule has 0 unspecified atom stereocenters. The van der Waals surface area contributed by atoms with E-state index < -0.39 is 0 Å². The normalized spacial score (nSPS) is 9.83. The molecular formula is C20H28Na2O. The van der Waals surface area contributed by atoms with E-state index in [9.17, 15) is 5.11 Å². The summed E-state index contributed by atoms with van der Waals surface area (Å²) in [4.78, 5) is 0. The molecule has 0 heterocycles. The molecule has 0 fully saturated rings. The summed E-state index contributed by atoms with van der Waals surface area (Å²) in [5.41, 5.74) is 5.04. The van der Waals surface area contributed by atoms with Crippen LogP contribution in [0.2, 0.25) is 0 Å². The zero-order chi connectivity index (χ0) is 15.1. The van der Waals surface area contributed by atoms with Crippen molar-refractivity contribution in [1.82, 2.24) is 0 Å². The maximum Gasteiger partial charge on any atom is 1.00 e. The van der Waals surface area contributed by atoms with Crippen LogP contribution in [0.5, 0.6) is 5.75 Å². The van der Waals surface area contributed by atoms with E-state index in [0.717, 1.165) is 18.4 Å².